The molecule has 1 unspecified atom stereocenters. The van der Waals surface area contributed by atoms with Crippen LogP contribution in [-0.2, 0) is 14.2 Å². The molecule has 128 valence electrons. The van der Waals surface area contributed by atoms with E-state index in [0.29, 0.717) is 52.4 Å². The first kappa shape index (κ1) is 19.5. The maximum atomic E-state index is 11.2. The number of esters is 1. The minimum Gasteiger partial charge on any atom is -0.494 e. The summed E-state index contributed by atoms with van der Waals surface area (Å²) < 4.78 is 15.4. The fourth-order valence-electron chi connectivity index (χ4n) is 2.03. The number of hydrogen-bond acceptors (Lipinski definition) is 6. The summed E-state index contributed by atoms with van der Waals surface area (Å²) in [6.07, 6.45) is 0.992. The molecule has 1 aromatic carbocycles. The number of aliphatic hydroxyl groups is 1. The highest BCUT2D eigenvalue weighted by atomic mass is 16.5. The van der Waals surface area contributed by atoms with Crippen LogP contribution in [0.1, 0.15) is 37.9 Å². The van der Waals surface area contributed by atoms with E-state index < -0.39 is 6.10 Å². The molecule has 0 saturated heterocycles. The molecule has 0 amide bonds. The van der Waals surface area contributed by atoms with Gasteiger partial charge in [-0.05, 0) is 44.0 Å². The van der Waals surface area contributed by atoms with Crippen molar-refractivity contribution in [1.82, 2.24) is 5.23 Å². The van der Waals surface area contributed by atoms with Gasteiger partial charge in [-0.2, -0.15) is 0 Å². The Kier molecular flexibility index (Phi) is 10.1. The van der Waals surface area contributed by atoms with Gasteiger partial charge in [-0.3, -0.25) is 4.79 Å². The van der Waals surface area contributed by atoms with Crippen molar-refractivity contribution < 1.29 is 24.0 Å². The smallest absolute Gasteiger partial charge is 0.360 e. The number of nitrogens with one attached hydrogen (secondary N) is 1. The molecule has 7 heteroatoms. The van der Waals surface area contributed by atoms with Gasteiger partial charge in [0.2, 0.25) is 0 Å². The Morgan fingerprint density at radius 3 is 3.00 bits per heavy atom. The lowest BCUT2D eigenvalue weighted by molar-refractivity contribution is -0.143. The van der Waals surface area contributed by atoms with Crippen molar-refractivity contribution in [3.8, 4) is 5.75 Å². The first-order chi connectivity index (χ1) is 11.2. The number of hydrogen-bond donors (Lipinski definition) is 2. The number of carbonyl (C=O) groups excluding carboxylic acids is 1. The van der Waals surface area contributed by atoms with Crippen LogP contribution in [0.3, 0.4) is 0 Å². The zero-order valence-electron chi connectivity index (χ0n) is 13.9. The summed E-state index contributed by atoms with van der Waals surface area (Å²) in [5.74, 6) is 0.485. The van der Waals surface area contributed by atoms with Crippen LogP contribution in [0.5, 0.6) is 5.75 Å². The first-order valence-corrected chi connectivity index (χ1v) is 7.93. The Morgan fingerprint density at radius 1 is 1.43 bits per heavy atom. The van der Waals surface area contributed by atoms with Crippen LogP contribution in [0.25, 0.3) is 0 Å². The fraction of sp³-hybridized carbons (Fsp3) is 0.562. The molecule has 0 aliphatic rings. The second kappa shape index (κ2) is 11.9. The molecule has 0 radical (unpaired) electrons. The SMILES string of the molecule is CCOC(=O)CCCOc1cccc(C(O)CCNBOC)c1. The minimum absolute atomic E-state index is 0.205. The van der Waals surface area contributed by atoms with E-state index >= 15 is 0 Å². The van der Waals surface area contributed by atoms with Crippen LogP contribution in [0.4, 0.5) is 0 Å². The topological polar surface area (TPSA) is 77.0 Å². The Balaban J connectivity index is 2.33. The van der Waals surface area contributed by atoms with Gasteiger partial charge in [0.05, 0.1) is 19.3 Å². The summed E-state index contributed by atoms with van der Waals surface area (Å²) in [5.41, 5.74) is 0.812. The molecule has 0 aromatic heterocycles. The van der Waals surface area contributed by atoms with Crippen molar-refractivity contribution in [3.05, 3.63) is 29.8 Å². The molecular weight excluding hydrogens is 297 g/mol. The van der Waals surface area contributed by atoms with E-state index in [2.05, 4.69) is 5.23 Å². The number of aliphatic hydroxyl groups excluding tert-OH is 1. The average Bonchev–Trinajstić information content (AvgIpc) is 2.56. The van der Waals surface area contributed by atoms with Gasteiger partial charge in [0.1, 0.15) is 5.75 Å². The van der Waals surface area contributed by atoms with Crippen LogP contribution in [0.15, 0.2) is 24.3 Å². The standard InChI is InChI=1S/C16H26BNO5/c1-3-22-16(20)8-5-11-23-14-7-4-6-13(12-14)15(19)9-10-18-17-21-2/h4,6-7,12,15,17-19H,3,5,8-11H2,1-2H3. The van der Waals surface area contributed by atoms with Gasteiger partial charge >= 0.3 is 13.6 Å². The van der Waals surface area contributed by atoms with Gasteiger partial charge in [-0.1, -0.05) is 12.1 Å². The summed E-state index contributed by atoms with van der Waals surface area (Å²) in [4.78, 5) is 11.2. The van der Waals surface area contributed by atoms with Gasteiger partial charge < -0.3 is 24.5 Å². The Hall–Kier alpha value is -1.57. The van der Waals surface area contributed by atoms with Crippen molar-refractivity contribution in [1.29, 1.82) is 0 Å². The van der Waals surface area contributed by atoms with Gasteiger partial charge in [-0.15, -0.1) is 0 Å². The molecule has 0 fully saturated rings. The van der Waals surface area contributed by atoms with Crippen molar-refractivity contribution in [2.45, 2.75) is 32.3 Å². The highest BCUT2D eigenvalue weighted by Gasteiger charge is 2.08. The zero-order chi connectivity index (χ0) is 16.9. The lowest BCUT2D eigenvalue weighted by Gasteiger charge is -2.13. The molecule has 2 N–H and O–H groups in total. The molecule has 0 spiro atoms. The Labute approximate surface area is 138 Å². The van der Waals surface area contributed by atoms with Crippen LogP contribution in [0.2, 0.25) is 0 Å². The molecule has 1 atom stereocenters. The van der Waals surface area contributed by atoms with E-state index in [1.54, 1.807) is 14.0 Å². The maximum absolute atomic E-state index is 11.2. The Bertz CT molecular complexity index is 458. The maximum Gasteiger partial charge on any atom is 0.360 e. The Morgan fingerprint density at radius 2 is 2.26 bits per heavy atom. The van der Waals surface area contributed by atoms with Crippen LogP contribution in [-0.4, -0.2) is 45.6 Å². The number of ether oxygens (including phenoxy) is 2. The molecule has 23 heavy (non-hydrogen) atoms. The molecule has 0 aliphatic heterocycles. The van der Waals surface area contributed by atoms with Crippen molar-refractivity contribution in [2.24, 2.45) is 0 Å². The highest BCUT2D eigenvalue weighted by Crippen LogP contribution is 2.21. The van der Waals surface area contributed by atoms with Gasteiger partial charge in [0.15, 0.2) is 0 Å². The van der Waals surface area contributed by atoms with E-state index in [0.717, 1.165) is 5.56 Å². The quantitative estimate of drug-likeness (QED) is 0.343. The normalized spacial score (nSPS) is 11.8. The summed E-state index contributed by atoms with van der Waals surface area (Å²) in [6, 6.07) is 7.38. The number of benzene rings is 1. The third kappa shape index (κ3) is 8.59. The fourth-order valence-corrected chi connectivity index (χ4v) is 2.03. The van der Waals surface area contributed by atoms with Crippen LogP contribution in [0, 0.1) is 0 Å². The largest absolute Gasteiger partial charge is 0.494 e. The van der Waals surface area contributed by atoms with Gasteiger partial charge in [0.25, 0.3) is 0 Å². The van der Waals surface area contributed by atoms with Crippen LogP contribution >= 0.6 is 0 Å². The van der Waals surface area contributed by atoms with Crippen LogP contribution < -0.4 is 9.96 Å². The van der Waals surface area contributed by atoms with Gasteiger partial charge in [0, 0.05) is 13.5 Å². The van der Waals surface area contributed by atoms with E-state index in [1.807, 2.05) is 24.3 Å². The predicted molar refractivity (Wildman–Crippen MR) is 89.5 cm³/mol. The molecule has 1 aromatic rings. The monoisotopic (exact) mass is 323 g/mol. The predicted octanol–water partition coefficient (Wildman–Crippen LogP) is 1.33. The zero-order valence-corrected chi connectivity index (χ0v) is 13.9. The third-order valence-electron chi connectivity index (χ3n) is 3.18. The lowest BCUT2D eigenvalue weighted by Crippen LogP contribution is -2.23. The van der Waals surface area contributed by atoms with E-state index in [4.69, 9.17) is 14.1 Å². The number of carbonyl (C=O) groups is 1. The van der Waals surface area contributed by atoms with Gasteiger partial charge in [-0.25, -0.2) is 0 Å². The molecule has 0 bridgehead atoms. The second-order valence-electron chi connectivity index (χ2n) is 5.07. The van der Waals surface area contributed by atoms with E-state index in [9.17, 15) is 9.90 Å². The van der Waals surface area contributed by atoms with Crippen molar-refractivity contribution in [3.63, 3.8) is 0 Å². The molecular formula is C16H26BNO5. The summed E-state index contributed by atoms with van der Waals surface area (Å²) in [6.45, 7) is 3.29. The molecule has 0 aliphatic carbocycles. The average molecular weight is 323 g/mol. The van der Waals surface area contributed by atoms with Crippen molar-refractivity contribution >= 4 is 13.6 Å². The minimum atomic E-state index is -0.553. The first-order valence-electron chi connectivity index (χ1n) is 7.93. The summed E-state index contributed by atoms with van der Waals surface area (Å²) in [5, 5.41) is 13.2. The molecule has 1 rings (SSSR count). The molecule has 0 saturated carbocycles. The van der Waals surface area contributed by atoms with E-state index in [1.165, 1.54) is 0 Å². The number of rotatable bonds is 12. The van der Waals surface area contributed by atoms with Crippen molar-refractivity contribution in [2.75, 3.05) is 26.9 Å². The lowest BCUT2D eigenvalue weighted by atomic mass is 10.1. The summed E-state index contributed by atoms with van der Waals surface area (Å²) in [7, 11) is 2.09. The summed E-state index contributed by atoms with van der Waals surface area (Å²) >= 11 is 0. The van der Waals surface area contributed by atoms with E-state index in [-0.39, 0.29) is 5.97 Å². The highest BCUT2D eigenvalue weighted by molar-refractivity contribution is 6.23. The third-order valence-corrected chi connectivity index (χ3v) is 3.18. The molecule has 0 heterocycles. The second-order valence-corrected chi connectivity index (χ2v) is 5.07. The molecule has 6 nitrogen and oxygen atoms in total.